The van der Waals surface area contributed by atoms with Gasteiger partial charge < -0.3 is 4.57 Å². The first-order valence-electron chi connectivity index (χ1n) is 6.28. The first-order valence-corrected chi connectivity index (χ1v) is 7.98. The number of hydrogen-bond acceptors (Lipinski definition) is 4. The molecular weight excluding hydrogens is 276 g/mol. The number of fused-ring (bicyclic) bond motifs is 1. The molecule has 3 nitrogen and oxygen atoms in total. The van der Waals surface area contributed by atoms with Crippen molar-refractivity contribution in [3.8, 4) is 0 Å². The summed E-state index contributed by atoms with van der Waals surface area (Å²) in [5, 5.41) is 2.06. The van der Waals surface area contributed by atoms with Crippen molar-refractivity contribution in [2.24, 2.45) is 0 Å². The van der Waals surface area contributed by atoms with Crippen LogP contribution in [0.5, 0.6) is 0 Å². The van der Waals surface area contributed by atoms with E-state index in [1.54, 1.807) is 28.9 Å². The number of aromatic nitrogens is 2. The summed E-state index contributed by atoms with van der Waals surface area (Å²) in [6.45, 7) is 3.04. The Morgan fingerprint density at radius 2 is 2.32 bits per heavy atom. The predicted molar refractivity (Wildman–Crippen MR) is 80.3 cm³/mol. The molecule has 0 atom stereocenters. The molecule has 0 aromatic carbocycles. The number of imidazole rings is 1. The van der Waals surface area contributed by atoms with Crippen molar-refractivity contribution in [2.75, 3.05) is 0 Å². The van der Waals surface area contributed by atoms with Crippen molar-refractivity contribution < 1.29 is 4.79 Å². The smallest absolute Gasteiger partial charge is 0.180 e. The molecule has 0 radical (unpaired) electrons. The van der Waals surface area contributed by atoms with Gasteiger partial charge in [-0.05, 0) is 23.9 Å². The van der Waals surface area contributed by atoms with Crippen LogP contribution in [0.2, 0.25) is 0 Å². The van der Waals surface area contributed by atoms with Gasteiger partial charge in [0.15, 0.2) is 5.78 Å². The minimum atomic E-state index is 0.164. The Labute approximate surface area is 119 Å². The molecule has 0 bridgehead atoms. The van der Waals surface area contributed by atoms with Gasteiger partial charge in [0.05, 0.1) is 11.3 Å². The first-order chi connectivity index (χ1) is 9.28. The largest absolute Gasteiger partial charge is 0.335 e. The van der Waals surface area contributed by atoms with Gasteiger partial charge in [-0.2, -0.15) is 0 Å². The number of ketones is 1. The van der Waals surface area contributed by atoms with Gasteiger partial charge in [0.1, 0.15) is 5.82 Å². The Morgan fingerprint density at radius 3 is 3.11 bits per heavy atom. The summed E-state index contributed by atoms with van der Waals surface area (Å²) in [7, 11) is 0. The van der Waals surface area contributed by atoms with Crippen LogP contribution in [0.15, 0.2) is 29.9 Å². The fourth-order valence-corrected chi connectivity index (χ4v) is 4.13. The zero-order valence-electron chi connectivity index (χ0n) is 10.6. The Hall–Kier alpha value is -1.46. The average Bonchev–Trinajstić information content (AvgIpc) is 3.04. The number of carbonyl (C=O) groups is 1. The van der Waals surface area contributed by atoms with Crippen LogP contribution in [-0.4, -0.2) is 15.3 Å². The molecule has 3 heterocycles. The lowest BCUT2D eigenvalue weighted by Gasteiger charge is -2.04. The van der Waals surface area contributed by atoms with Crippen molar-refractivity contribution in [3.63, 3.8) is 0 Å². The summed E-state index contributed by atoms with van der Waals surface area (Å²) >= 11 is 3.26. The van der Waals surface area contributed by atoms with E-state index in [0.29, 0.717) is 6.42 Å². The van der Waals surface area contributed by atoms with Crippen molar-refractivity contribution in [3.05, 3.63) is 40.6 Å². The third-order valence-corrected chi connectivity index (χ3v) is 5.13. The van der Waals surface area contributed by atoms with Crippen molar-refractivity contribution >= 4 is 37.9 Å². The van der Waals surface area contributed by atoms with Crippen molar-refractivity contribution in [1.29, 1.82) is 0 Å². The molecule has 0 aliphatic rings. The topological polar surface area (TPSA) is 34.9 Å². The Morgan fingerprint density at radius 1 is 1.42 bits per heavy atom. The van der Waals surface area contributed by atoms with E-state index in [1.165, 1.54) is 9.40 Å². The quantitative estimate of drug-likeness (QED) is 0.666. The zero-order valence-corrected chi connectivity index (χ0v) is 12.3. The molecule has 0 saturated heterocycles. The van der Waals surface area contributed by atoms with Crippen LogP contribution in [0.3, 0.4) is 0 Å². The normalized spacial score (nSPS) is 11.2. The molecule has 0 fully saturated rings. The van der Waals surface area contributed by atoms with Gasteiger partial charge in [-0.1, -0.05) is 6.92 Å². The Bertz CT molecular complexity index is 679. The summed E-state index contributed by atoms with van der Waals surface area (Å²) in [6.07, 6.45) is 5.15. The average molecular weight is 290 g/mol. The third-order valence-electron chi connectivity index (χ3n) is 3.00. The lowest BCUT2D eigenvalue weighted by atomic mass is 10.2. The molecule has 5 heteroatoms. The minimum absolute atomic E-state index is 0.164. The molecule has 0 aliphatic carbocycles. The highest BCUT2D eigenvalue weighted by Crippen LogP contribution is 2.30. The second-order valence-electron chi connectivity index (χ2n) is 4.40. The number of thiophene rings is 2. The molecular formula is C14H14N2OS2. The summed E-state index contributed by atoms with van der Waals surface area (Å²) < 4.78 is 4.46. The van der Waals surface area contributed by atoms with E-state index < -0.39 is 0 Å². The lowest BCUT2D eigenvalue weighted by molar-refractivity contribution is 0.0993. The number of nitrogens with zero attached hydrogens (tertiary/aromatic N) is 2. The number of Topliss-reactive ketones (excluding diaryl/α,β-unsaturated/α-hetero) is 1. The molecule has 0 aliphatic heterocycles. The van der Waals surface area contributed by atoms with Gasteiger partial charge in [-0.3, -0.25) is 4.79 Å². The molecule has 19 heavy (non-hydrogen) atoms. The lowest BCUT2D eigenvalue weighted by Crippen LogP contribution is -2.09. The summed E-state index contributed by atoms with van der Waals surface area (Å²) in [4.78, 5) is 17.4. The van der Waals surface area contributed by atoms with Gasteiger partial charge in [0.2, 0.25) is 0 Å². The summed E-state index contributed by atoms with van der Waals surface area (Å²) in [5.41, 5.74) is 0. The van der Waals surface area contributed by atoms with Crippen LogP contribution >= 0.6 is 22.7 Å². The Kier molecular flexibility index (Phi) is 3.48. The van der Waals surface area contributed by atoms with Crippen LogP contribution in [-0.2, 0) is 13.0 Å². The SMILES string of the molecule is CCCn1ccnc1CC(=O)c1cc2sccc2s1. The first kappa shape index (κ1) is 12.6. The molecule has 3 aromatic rings. The van der Waals surface area contributed by atoms with Gasteiger partial charge in [0, 0.05) is 28.3 Å². The maximum Gasteiger partial charge on any atom is 0.180 e. The minimum Gasteiger partial charge on any atom is -0.335 e. The predicted octanol–water partition coefficient (Wildman–Crippen LogP) is 3.99. The maximum absolute atomic E-state index is 12.3. The fourth-order valence-electron chi connectivity index (χ4n) is 2.09. The van der Waals surface area contributed by atoms with Crippen molar-refractivity contribution in [1.82, 2.24) is 9.55 Å². The molecule has 3 aromatic heterocycles. The van der Waals surface area contributed by atoms with E-state index >= 15 is 0 Å². The molecule has 0 N–H and O–H groups in total. The summed E-state index contributed by atoms with van der Waals surface area (Å²) in [5.74, 6) is 1.03. The second-order valence-corrected chi connectivity index (χ2v) is 6.43. The van der Waals surface area contributed by atoms with Gasteiger partial charge >= 0.3 is 0 Å². The molecule has 98 valence electrons. The van der Waals surface area contributed by atoms with E-state index in [-0.39, 0.29) is 5.78 Å². The fraction of sp³-hybridized carbons (Fsp3) is 0.286. The van der Waals surface area contributed by atoms with Gasteiger partial charge in [-0.15, -0.1) is 22.7 Å². The van der Waals surface area contributed by atoms with Gasteiger partial charge in [0.25, 0.3) is 0 Å². The molecule has 3 rings (SSSR count). The van der Waals surface area contributed by atoms with Crippen LogP contribution in [0.4, 0.5) is 0 Å². The number of rotatable bonds is 5. The van der Waals surface area contributed by atoms with Crippen LogP contribution in [0.25, 0.3) is 9.40 Å². The van der Waals surface area contributed by atoms with Crippen LogP contribution in [0.1, 0.15) is 28.8 Å². The second kappa shape index (κ2) is 5.27. The summed E-state index contributed by atoms with van der Waals surface area (Å²) in [6, 6.07) is 4.07. The Balaban J connectivity index is 1.80. The highest BCUT2D eigenvalue weighted by atomic mass is 32.1. The third kappa shape index (κ3) is 2.48. The standard InChI is InChI=1S/C14H14N2OS2/c1-2-5-16-6-4-15-14(16)8-10(17)12-9-13-11(19-12)3-7-18-13/h3-4,6-7,9H,2,5,8H2,1H3. The number of aryl methyl sites for hydroxylation is 1. The van der Waals surface area contributed by atoms with Crippen LogP contribution < -0.4 is 0 Å². The van der Waals surface area contributed by atoms with E-state index in [4.69, 9.17) is 0 Å². The molecule has 0 unspecified atom stereocenters. The van der Waals surface area contributed by atoms with Gasteiger partial charge in [-0.25, -0.2) is 4.98 Å². The van der Waals surface area contributed by atoms with Crippen molar-refractivity contribution in [2.45, 2.75) is 26.3 Å². The molecule has 0 amide bonds. The number of carbonyl (C=O) groups excluding carboxylic acids is 1. The highest BCUT2D eigenvalue weighted by Gasteiger charge is 2.14. The highest BCUT2D eigenvalue weighted by molar-refractivity contribution is 7.27. The molecule has 0 saturated carbocycles. The monoisotopic (exact) mass is 290 g/mol. The zero-order chi connectivity index (χ0) is 13.2. The van der Waals surface area contributed by atoms with Crippen LogP contribution in [0, 0.1) is 0 Å². The van der Waals surface area contributed by atoms with E-state index in [9.17, 15) is 4.79 Å². The van der Waals surface area contributed by atoms with E-state index in [2.05, 4.69) is 27.9 Å². The maximum atomic E-state index is 12.3. The van der Waals surface area contributed by atoms with E-state index in [1.807, 2.05) is 12.3 Å². The number of hydrogen-bond donors (Lipinski definition) is 0. The van der Waals surface area contributed by atoms with E-state index in [0.717, 1.165) is 23.7 Å². The molecule has 0 spiro atoms.